The van der Waals surface area contributed by atoms with Gasteiger partial charge in [0.2, 0.25) is 0 Å². The van der Waals surface area contributed by atoms with Crippen molar-refractivity contribution in [2.45, 2.75) is 19.9 Å². The van der Waals surface area contributed by atoms with Gasteiger partial charge in [-0.25, -0.2) is 14.2 Å². The van der Waals surface area contributed by atoms with Crippen LogP contribution in [-0.4, -0.2) is 24.3 Å². The molecule has 0 saturated carbocycles. The molecule has 0 aromatic heterocycles. The summed E-state index contributed by atoms with van der Waals surface area (Å²) < 4.78 is 18.0. The number of rotatable bonds is 3. The quantitative estimate of drug-likeness (QED) is 0.862. The van der Waals surface area contributed by atoms with E-state index in [9.17, 15) is 14.0 Å². The largest absolute Gasteiger partial charge is 0.465 e. The second-order valence-electron chi connectivity index (χ2n) is 4.46. The molecule has 20 heavy (non-hydrogen) atoms. The molecule has 106 valence electrons. The van der Waals surface area contributed by atoms with Crippen molar-refractivity contribution in [1.29, 1.82) is 0 Å². The van der Waals surface area contributed by atoms with Gasteiger partial charge in [-0.1, -0.05) is 12.1 Å². The predicted octanol–water partition coefficient (Wildman–Crippen LogP) is 2.23. The lowest BCUT2D eigenvalue weighted by molar-refractivity contribution is -0.146. The molecule has 1 heterocycles. The number of amides is 2. The third-order valence-electron chi connectivity index (χ3n) is 3.11. The van der Waals surface area contributed by atoms with E-state index in [0.717, 1.165) is 0 Å². The summed E-state index contributed by atoms with van der Waals surface area (Å²) in [6, 6.07) is 4.52. The molecule has 6 heteroatoms. The van der Waals surface area contributed by atoms with E-state index >= 15 is 0 Å². The molecule has 0 fully saturated rings. The van der Waals surface area contributed by atoms with Gasteiger partial charge < -0.3 is 10.1 Å². The normalized spacial score (nSPS) is 21.9. The summed E-state index contributed by atoms with van der Waals surface area (Å²) >= 11 is 0. The molecule has 0 aliphatic carbocycles. The lowest BCUT2D eigenvalue weighted by atomic mass is 9.88. The van der Waals surface area contributed by atoms with Crippen LogP contribution < -0.4 is 5.32 Å². The van der Waals surface area contributed by atoms with Gasteiger partial charge in [0.05, 0.1) is 12.6 Å². The van der Waals surface area contributed by atoms with Crippen LogP contribution in [0.25, 0.3) is 0 Å². The van der Waals surface area contributed by atoms with E-state index in [4.69, 9.17) is 4.74 Å². The van der Waals surface area contributed by atoms with Gasteiger partial charge in [-0.3, -0.25) is 4.79 Å². The minimum absolute atomic E-state index is 0.243. The van der Waals surface area contributed by atoms with Crippen LogP contribution in [0.3, 0.4) is 0 Å². The lowest BCUT2D eigenvalue weighted by Crippen LogP contribution is -2.44. The molecular formula is C14H15FN2O3. The van der Waals surface area contributed by atoms with Gasteiger partial charge in [0.25, 0.3) is 0 Å². The molecule has 0 bridgehead atoms. The highest BCUT2D eigenvalue weighted by molar-refractivity contribution is 6.08. The topological polar surface area (TPSA) is 67.8 Å². The Hall–Kier alpha value is -2.24. The first kappa shape index (κ1) is 14.2. The standard InChI is InChI=1S/C14H15FN2O3/c1-3-20-13(18)11-8(2)16-14(19)17-12(11)9-4-6-10(15)7-5-9/h4-7,11-12H,3H2,1-2H3,(H,17,19). The van der Waals surface area contributed by atoms with Crippen molar-refractivity contribution in [3.05, 3.63) is 35.6 Å². The Labute approximate surface area is 115 Å². The minimum Gasteiger partial charge on any atom is -0.465 e. The first-order valence-corrected chi connectivity index (χ1v) is 6.30. The molecular weight excluding hydrogens is 263 g/mol. The van der Waals surface area contributed by atoms with Crippen LogP contribution in [0.2, 0.25) is 0 Å². The van der Waals surface area contributed by atoms with Crippen LogP contribution in [-0.2, 0) is 9.53 Å². The third kappa shape index (κ3) is 2.84. The molecule has 2 amide bonds. The highest BCUT2D eigenvalue weighted by Gasteiger charge is 2.37. The monoisotopic (exact) mass is 278 g/mol. The summed E-state index contributed by atoms with van der Waals surface area (Å²) in [5.74, 6) is -1.53. The summed E-state index contributed by atoms with van der Waals surface area (Å²) in [4.78, 5) is 27.3. The zero-order valence-electron chi connectivity index (χ0n) is 11.2. The maximum absolute atomic E-state index is 13.0. The molecule has 1 aliphatic rings. The zero-order chi connectivity index (χ0) is 14.7. The number of benzene rings is 1. The van der Waals surface area contributed by atoms with E-state index < -0.39 is 24.0 Å². The molecule has 5 nitrogen and oxygen atoms in total. The van der Waals surface area contributed by atoms with Crippen LogP contribution in [0.15, 0.2) is 29.3 Å². The Morgan fingerprint density at radius 1 is 1.40 bits per heavy atom. The zero-order valence-corrected chi connectivity index (χ0v) is 11.2. The molecule has 1 aromatic carbocycles. The second-order valence-corrected chi connectivity index (χ2v) is 4.46. The third-order valence-corrected chi connectivity index (χ3v) is 3.11. The summed E-state index contributed by atoms with van der Waals surface area (Å²) in [7, 11) is 0. The van der Waals surface area contributed by atoms with Crippen LogP contribution in [0.4, 0.5) is 9.18 Å². The van der Waals surface area contributed by atoms with Gasteiger partial charge in [0.15, 0.2) is 0 Å². The lowest BCUT2D eigenvalue weighted by Gasteiger charge is -2.29. The highest BCUT2D eigenvalue weighted by atomic mass is 19.1. The number of hydrogen-bond acceptors (Lipinski definition) is 3. The number of esters is 1. The van der Waals surface area contributed by atoms with E-state index in [2.05, 4.69) is 10.3 Å². The molecule has 2 unspecified atom stereocenters. The van der Waals surface area contributed by atoms with Crippen molar-refractivity contribution < 1.29 is 18.7 Å². The molecule has 2 atom stereocenters. The number of ether oxygens (including phenoxy) is 1. The number of carbonyl (C=O) groups is 2. The highest BCUT2D eigenvalue weighted by Crippen LogP contribution is 2.28. The minimum atomic E-state index is -0.696. The first-order valence-electron chi connectivity index (χ1n) is 6.30. The number of nitrogens with one attached hydrogen (secondary N) is 1. The number of carbonyl (C=O) groups excluding carboxylic acids is 2. The van der Waals surface area contributed by atoms with E-state index in [1.807, 2.05) is 0 Å². The van der Waals surface area contributed by atoms with Gasteiger partial charge in [0, 0.05) is 5.71 Å². The van der Waals surface area contributed by atoms with Gasteiger partial charge in [0.1, 0.15) is 11.7 Å². The average molecular weight is 278 g/mol. The Kier molecular flexibility index (Phi) is 4.12. The molecule has 1 aliphatic heterocycles. The fourth-order valence-electron chi connectivity index (χ4n) is 2.20. The Morgan fingerprint density at radius 2 is 2.05 bits per heavy atom. The molecule has 0 spiro atoms. The van der Waals surface area contributed by atoms with E-state index in [1.54, 1.807) is 13.8 Å². The maximum Gasteiger partial charge on any atom is 0.341 e. The first-order chi connectivity index (χ1) is 9.52. The average Bonchev–Trinajstić information content (AvgIpc) is 2.38. The predicted molar refractivity (Wildman–Crippen MR) is 70.9 cm³/mol. The smallest absolute Gasteiger partial charge is 0.341 e. The molecule has 1 aromatic rings. The van der Waals surface area contributed by atoms with E-state index in [-0.39, 0.29) is 12.4 Å². The Morgan fingerprint density at radius 3 is 2.65 bits per heavy atom. The number of urea groups is 1. The molecule has 0 radical (unpaired) electrons. The van der Waals surface area contributed by atoms with Crippen molar-refractivity contribution in [2.75, 3.05) is 6.61 Å². The van der Waals surface area contributed by atoms with Crippen molar-refractivity contribution in [3.63, 3.8) is 0 Å². The Bertz CT molecular complexity index is 554. The van der Waals surface area contributed by atoms with Crippen LogP contribution in [0, 0.1) is 11.7 Å². The fraction of sp³-hybridized carbons (Fsp3) is 0.357. The van der Waals surface area contributed by atoms with Crippen molar-refractivity contribution in [2.24, 2.45) is 10.9 Å². The van der Waals surface area contributed by atoms with E-state index in [1.165, 1.54) is 24.3 Å². The summed E-state index contributed by atoms with van der Waals surface area (Å²) in [5.41, 5.74) is 1.02. The van der Waals surface area contributed by atoms with Crippen LogP contribution in [0.1, 0.15) is 25.5 Å². The molecule has 0 saturated heterocycles. The van der Waals surface area contributed by atoms with Crippen molar-refractivity contribution >= 4 is 17.7 Å². The van der Waals surface area contributed by atoms with E-state index in [0.29, 0.717) is 11.3 Å². The number of aliphatic imine (C=N–C) groups is 1. The number of hydrogen-bond donors (Lipinski definition) is 1. The summed E-state index contributed by atoms with van der Waals surface area (Å²) in [6.07, 6.45) is 0. The number of halogens is 1. The van der Waals surface area contributed by atoms with Gasteiger partial charge >= 0.3 is 12.0 Å². The van der Waals surface area contributed by atoms with Crippen molar-refractivity contribution in [1.82, 2.24) is 5.32 Å². The fourth-order valence-corrected chi connectivity index (χ4v) is 2.20. The number of nitrogens with zero attached hydrogens (tertiary/aromatic N) is 1. The van der Waals surface area contributed by atoms with Crippen LogP contribution in [0.5, 0.6) is 0 Å². The SMILES string of the molecule is CCOC(=O)C1C(C)=NC(=O)NC1c1ccc(F)cc1. The molecule has 1 N–H and O–H groups in total. The maximum atomic E-state index is 13.0. The van der Waals surface area contributed by atoms with Crippen molar-refractivity contribution in [3.8, 4) is 0 Å². The summed E-state index contributed by atoms with van der Waals surface area (Å²) in [5, 5.41) is 2.62. The van der Waals surface area contributed by atoms with Crippen LogP contribution >= 0.6 is 0 Å². The Balaban J connectivity index is 2.37. The van der Waals surface area contributed by atoms with Gasteiger partial charge in [-0.15, -0.1) is 0 Å². The second kappa shape index (κ2) is 5.81. The summed E-state index contributed by atoms with van der Waals surface area (Å²) in [6.45, 7) is 3.56. The van der Waals surface area contributed by atoms with Gasteiger partial charge in [-0.2, -0.15) is 0 Å². The molecule has 2 rings (SSSR count). The van der Waals surface area contributed by atoms with Gasteiger partial charge in [-0.05, 0) is 31.5 Å².